The van der Waals surface area contributed by atoms with Crippen molar-refractivity contribution >= 4 is 23.2 Å². The molecule has 0 amide bonds. The molecule has 0 aliphatic rings. The Bertz CT molecular complexity index is 604. The lowest BCUT2D eigenvalue weighted by Crippen LogP contribution is -2.13. The third-order valence-electron chi connectivity index (χ3n) is 2.85. The monoisotopic (exact) mass is 299 g/mol. The predicted molar refractivity (Wildman–Crippen MR) is 75.4 cm³/mol. The van der Waals surface area contributed by atoms with Crippen LogP contribution in [-0.2, 0) is 0 Å². The molecule has 0 aromatic heterocycles. The summed E-state index contributed by atoms with van der Waals surface area (Å²) >= 11 is 12.0. The van der Waals surface area contributed by atoms with Gasteiger partial charge in [0.2, 0.25) is 0 Å². The molecule has 0 saturated heterocycles. The zero-order valence-electron chi connectivity index (χ0n) is 10.2. The van der Waals surface area contributed by atoms with E-state index in [9.17, 15) is 4.39 Å². The zero-order chi connectivity index (χ0) is 14.0. The number of benzene rings is 2. The average Bonchev–Trinajstić information content (AvgIpc) is 2.41. The lowest BCUT2D eigenvalue weighted by atomic mass is 9.99. The van der Waals surface area contributed by atoms with Crippen LogP contribution < -0.4 is 10.5 Å². The lowest BCUT2D eigenvalue weighted by molar-refractivity contribution is 0.386. The van der Waals surface area contributed by atoms with Crippen LogP contribution in [0.5, 0.6) is 5.75 Å². The van der Waals surface area contributed by atoms with Gasteiger partial charge in [0.25, 0.3) is 0 Å². The van der Waals surface area contributed by atoms with E-state index in [1.807, 2.05) is 0 Å². The molecule has 2 aromatic rings. The minimum Gasteiger partial charge on any atom is -0.494 e. The van der Waals surface area contributed by atoms with E-state index in [4.69, 9.17) is 33.7 Å². The molecule has 2 N–H and O–H groups in total. The Balaban J connectivity index is 2.41. The van der Waals surface area contributed by atoms with Crippen molar-refractivity contribution in [3.8, 4) is 5.75 Å². The van der Waals surface area contributed by atoms with Crippen LogP contribution in [0.1, 0.15) is 17.2 Å². The summed E-state index contributed by atoms with van der Waals surface area (Å²) in [4.78, 5) is 0. The molecule has 0 fully saturated rings. The Morgan fingerprint density at radius 1 is 1.21 bits per heavy atom. The molecule has 2 aromatic carbocycles. The Kier molecular flexibility index (Phi) is 4.30. The van der Waals surface area contributed by atoms with Crippen LogP contribution in [-0.4, -0.2) is 7.11 Å². The Morgan fingerprint density at radius 3 is 2.58 bits per heavy atom. The number of hydrogen-bond donors (Lipinski definition) is 1. The smallest absolute Gasteiger partial charge is 0.165 e. The standard InChI is InChI=1S/C14H12Cl2FNO/c1-19-12-6-5-8(7-11(12)17)14(18)9-3-2-4-10(15)13(9)16/h2-7,14H,18H2,1H3. The molecule has 0 aliphatic carbocycles. The van der Waals surface area contributed by atoms with Gasteiger partial charge < -0.3 is 10.5 Å². The zero-order valence-corrected chi connectivity index (χ0v) is 11.7. The summed E-state index contributed by atoms with van der Waals surface area (Å²) in [5.74, 6) is -0.290. The summed E-state index contributed by atoms with van der Waals surface area (Å²) < 4.78 is 18.5. The van der Waals surface area contributed by atoms with E-state index in [-0.39, 0.29) is 5.75 Å². The molecule has 2 nitrogen and oxygen atoms in total. The molecular formula is C14H12Cl2FNO. The van der Waals surface area contributed by atoms with Gasteiger partial charge in [-0.25, -0.2) is 4.39 Å². The van der Waals surface area contributed by atoms with Gasteiger partial charge in [-0.05, 0) is 29.3 Å². The quantitative estimate of drug-likeness (QED) is 0.922. The Morgan fingerprint density at radius 2 is 1.95 bits per heavy atom. The fourth-order valence-corrected chi connectivity index (χ4v) is 2.24. The van der Waals surface area contributed by atoms with Gasteiger partial charge >= 0.3 is 0 Å². The maximum absolute atomic E-state index is 13.7. The van der Waals surface area contributed by atoms with Gasteiger partial charge in [-0.1, -0.05) is 41.4 Å². The van der Waals surface area contributed by atoms with Crippen molar-refractivity contribution in [3.05, 3.63) is 63.4 Å². The molecule has 5 heteroatoms. The minimum absolute atomic E-state index is 0.174. The van der Waals surface area contributed by atoms with E-state index in [0.717, 1.165) is 0 Å². The van der Waals surface area contributed by atoms with E-state index < -0.39 is 11.9 Å². The van der Waals surface area contributed by atoms with Crippen molar-refractivity contribution in [3.63, 3.8) is 0 Å². The average molecular weight is 300 g/mol. The molecule has 100 valence electrons. The van der Waals surface area contributed by atoms with E-state index in [1.54, 1.807) is 24.3 Å². The second-order valence-electron chi connectivity index (χ2n) is 4.01. The van der Waals surface area contributed by atoms with Crippen molar-refractivity contribution in [2.24, 2.45) is 5.73 Å². The van der Waals surface area contributed by atoms with Crippen LogP contribution in [0.25, 0.3) is 0 Å². The maximum Gasteiger partial charge on any atom is 0.165 e. The first-order chi connectivity index (χ1) is 9.04. The summed E-state index contributed by atoms with van der Waals surface area (Å²) in [6.07, 6.45) is 0. The molecule has 1 unspecified atom stereocenters. The van der Waals surface area contributed by atoms with Gasteiger partial charge in [0.15, 0.2) is 11.6 Å². The summed E-state index contributed by atoms with van der Waals surface area (Å²) in [5, 5.41) is 0.802. The lowest BCUT2D eigenvalue weighted by Gasteiger charge is -2.15. The number of nitrogens with two attached hydrogens (primary N) is 1. The number of hydrogen-bond acceptors (Lipinski definition) is 2. The number of ether oxygens (including phenoxy) is 1. The molecule has 0 heterocycles. The van der Waals surface area contributed by atoms with E-state index in [2.05, 4.69) is 0 Å². The SMILES string of the molecule is COc1ccc(C(N)c2cccc(Cl)c2Cl)cc1F. The van der Waals surface area contributed by atoms with Gasteiger partial charge in [0.1, 0.15) is 0 Å². The maximum atomic E-state index is 13.7. The summed E-state index contributed by atoms with van der Waals surface area (Å²) in [6.45, 7) is 0. The van der Waals surface area contributed by atoms with Gasteiger partial charge in [-0.15, -0.1) is 0 Å². The van der Waals surface area contributed by atoms with E-state index in [1.165, 1.54) is 19.2 Å². The predicted octanol–water partition coefficient (Wildman–Crippen LogP) is 4.19. The first kappa shape index (κ1) is 14.1. The first-order valence-electron chi connectivity index (χ1n) is 5.57. The summed E-state index contributed by atoms with van der Waals surface area (Å²) in [5.41, 5.74) is 7.35. The third-order valence-corrected chi connectivity index (χ3v) is 3.69. The van der Waals surface area contributed by atoms with Gasteiger partial charge in [-0.2, -0.15) is 0 Å². The number of rotatable bonds is 3. The second kappa shape index (κ2) is 5.78. The highest BCUT2D eigenvalue weighted by Crippen LogP contribution is 2.32. The molecule has 19 heavy (non-hydrogen) atoms. The molecule has 0 spiro atoms. The molecule has 2 rings (SSSR count). The van der Waals surface area contributed by atoms with Crippen LogP contribution >= 0.6 is 23.2 Å². The fourth-order valence-electron chi connectivity index (χ4n) is 1.82. The number of halogens is 3. The highest BCUT2D eigenvalue weighted by atomic mass is 35.5. The Hall–Kier alpha value is -1.29. The summed E-state index contributed by atoms with van der Waals surface area (Å²) in [7, 11) is 1.41. The number of methoxy groups -OCH3 is 1. The van der Waals surface area contributed by atoms with Crippen LogP contribution in [0.4, 0.5) is 4.39 Å². The summed E-state index contributed by atoms with van der Waals surface area (Å²) in [6, 6.07) is 9.21. The fraction of sp³-hybridized carbons (Fsp3) is 0.143. The van der Waals surface area contributed by atoms with Crippen LogP contribution in [0.2, 0.25) is 10.0 Å². The van der Waals surface area contributed by atoms with Crippen molar-refractivity contribution in [2.75, 3.05) is 7.11 Å². The van der Waals surface area contributed by atoms with Gasteiger partial charge in [0.05, 0.1) is 23.2 Å². The molecule has 0 radical (unpaired) electrons. The van der Waals surface area contributed by atoms with Crippen molar-refractivity contribution in [2.45, 2.75) is 6.04 Å². The van der Waals surface area contributed by atoms with Crippen LogP contribution in [0.3, 0.4) is 0 Å². The van der Waals surface area contributed by atoms with Crippen molar-refractivity contribution in [1.29, 1.82) is 0 Å². The van der Waals surface area contributed by atoms with Crippen molar-refractivity contribution < 1.29 is 9.13 Å². The normalized spacial score (nSPS) is 12.3. The second-order valence-corrected chi connectivity index (χ2v) is 4.80. The third kappa shape index (κ3) is 2.84. The molecule has 0 saturated carbocycles. The highest BCUT2D eigenvalue weighted by molar-refractivity contribution is 6.42. The van der Waals surface area contributed by atoms with Crippen LogP contribution in [0.15, 0.2) is 36.4 Å². The van der Waals surface area contributed by atoms with Gasteiger partial charge in [0, 0.05) is 0 Å². The molecule has 0 aliphatic heterocycles. The van der Waals surface area contributed by atoms with E-state index in [0.29, 0.717) is 21.2 Å². The van der Waals surface area contributed by atoms with Gasteiger partial charge in [-0.3, -0.25) is 0 Å². The first-order valence-corrected chi connectivity index (χ1v) is 6.33. The molecular weight excluding hydrogens is 288 g/mol. The van der Waals surface area contributed by atoms with E-state index >= 15 is 0 Å². The minimum atomic E-state index is -0.549. The Labute approximate surface area is 120 Å². The topological polar surface area (TPSA) is 35.2 Å². The largest absolute Gasteiger partial charge is 0.494 e. The highest BCUT2D eigenvalue weighted by Gasteiger charge is 2.16. The van der Waals surface area contributed by atoms with Crippen molar-refractivity contribution in [1.82, 2.24) is 0 Å². The molecule has 1 atom stereocenters. The van der Waals surface area contributed by atoms with Crippen LogP contribution in [0, 0.1) is 5.82 Å². The molecule has 0 bridgehead atoms.